The summed E-state index contributed by atoms with van der Waals surface area (Å²) in [6.45, 7) is 10.5. The summed E-state index contributed by atoms with van der Waals surface area (Å²) in [5, 5.41) is 9.57. The fourth-order valence-electron chi connectivity index (χ4n) is 4.45. The molecule has 0 aromatic heterocycles. The summed E-state index contributed by atoms with van der Waals surface area (Å²) in [5.41, 5.74) is 2.62. The lowest BCUT2D eigenvalue weighted by Crippen LogP contribution is -2.53. The van der Waals surface area contributed by atoms with Crippen LogP contribution >= 0.6 is 0 Å². The quantitative estimate of drug-likeness (QED) is 0.793. The minimum absolute atomic E-state index is 0.0395. The number of benzene rings is 1. The fourth-order valence-corrected chi connectivity index (χ4v) is 4.45. The lowest BCUT2D eigenvalue weighted by atomic mass is 10.0. The van der Waals surface area contributed by atoms with Gasteiger partial charge in [-0.3, -0.25) is 14.5 Å². The van der Waals surface area contributed by atoms with Crippen LogP contribution in [0.15, 0.2) is 18.2 Å². The van der Waals surface area contributed by atoms with Crippen LogP contribution in [0.2, 0.25) is 0 Å². The highest BCUT2D eigenvalue weighted by molar-refractivity contribution is 5.97. The number of carbonyl (C=O) groups excluding carboxylic acids is 2. The Kier molecular flexibility index (Phi) is 8.50. The summed E-state index contributed by atoms with van der Waals surface area (Å²) in [7, 11) is 0. The third-order valence-corrected chi connectivity index (χ3v) is 6.42. The molecule has 2 amide bonds. The molecule has 0 radical (unpaired) electrons. The van der Waals surface area contributed by atoms with Crippen molar-refractivity contribution >= 4 is 17.5 Å². The van der Waals surface area contributed by atoms with Gasteiger partial charge in [-0.2, -0.15) is 0 Å². The normalized spacial score (nSPS) is 19.4. The number of likely N-dealkylation sites (tertiary alicyclic amines) is 1. The van der Waals surface area contributed by atoms with Crippen LogP contribution in [0.4, 0.5) is 5.69 Å². The highest BCUT2D eigenvalue weighted by Gasteiger charge is 2.30. The molecule has 0 unspecified atom stereocenters. The molecule has 0 aliphatic carbocycles. The first-order valence-electron chi connectivity index (χ1n) is 12.0. The van der Waals surface area contributed by atoms with Crippen LogP contribution < -0.4 is 4.90 Å². The predicted octanol–water partition coefficient (Wildman–Crippen LogP) is 3.67. The van der Waals surface area contributed by atoms with Crippen molar-refractivity contribution in [1.29, 1.82) is 0 Å². The van der Waals surface area contributed by atoms with Crippen LogP contribution in [0, 0.1) is 5.92 Å². The molecule has 1 saturated heterocycles. The highest BCUT2D eigenvalue weighted by atomic mass is 16.3. The van der Waals surface area contributed by atoms with Crippen molar-refractivity contribution in [3.05, 3.63) is 29.3 Å². The largest absolute Gasteiger partial charge is 0.389 e. The Morgan fingerprint density at radius 2 is 1.74 bits per heavy atom. The Balaban J connectivity index is 1.91. The number of rotatable bonds is 4. The van der Waals surface area contributed by atoms with Crippen molar-refractivity contribution in [2.24, 2.45) is 5.92 Å². The maximum absolute atomic E-state index is 12.9. The second-order valence-corrected chi connectivity index (χ2v) is 9.60. The van der Waals surface area contributed by atoms with Crippen molar-refractivity contribution in [3.63, 3.8) is 0 Å². The zero-order valence-electron chi connectivity index (χ0n) is 19.5. The lowest BCUT2D eigenvalue weighted by molar-refractivity contribution is -0.116. The van der Waals surface area contributed by atoms with E-state index in [9.17, 15) is 14.7 Å². The smallest absolute Gasteiger partial charge is 0.254 e. The predicted molar refractivity (Wildman–Crippen MR) is 124 cm³/mol. The van der Waals surface area contributed by atoms with E-state index >= 15 is 0 Å². The number of hydrogen-bond acceptors (Lipinski definition) is 4. The third kappa shape index (κ3) is 6.53. The van der Waals surface area contributed by atoms with Crippen molar-refractivity contribution in [1.82, 2.24) is 9.80 Å². The average Bonchev–Trinajstić information content (AvgIpc) is 2.69. The van der Waals surface area contributed by atoms with Gasteiger partial charge >= 0.3 is 0 Å². The van der Waals surface area contributed by atoms with Gasteiger partial charge in [0.05, 0.1) is 6.10 Å². The van der Waals surface area contributed by atoms with Gasteiger partial charge in [0.25, 0.3) is 5.91 Å². The molecule has 0 atom stereocenters. The highest BCUT2D eigenvalue weighted by Crippen LogP contribution is 2.27. The first-order chi connectivity index (χ1) is 14.8. The van der Waals surface area contributed by atoms with Gasteiger partial charge in [-0.25, -0.2) is 0 Å². The van der Waals surface area contributed by atoms with Crippen LogP contribution in [-0.4, -0.2) is 65.5 Å². The molecule has 0 saturated carbocycles. The SMILES string of the molecule is CC(=O)N1CCCCCCCN(CCC(C)C)Cc2cc(C(=O)N3CC(O)C3)ccc21. The summed E-state index contributed by atoms with van der Waals surface area (Å²) >= 11 is 0. The van der Waals surface area contributed by atoms with Gasteiger partial charge < -0.3 is 14.9 Å². The number of fused-ring (bicyclic) bond motifs is 1. The molecular formula is C25H39N3O3. The van der Waals surface area contributed by atoms with Crippen molar-refractivity contribution in [2.75, 3.05) is 37.6 Å². The lowest BCUT2D eigenvalue weighted by Gasteiger charge is -2.36. The van der Waals surface area contributed by atoms with Crippen LogP contribution in [0.3, 0.4) is 0 Å². The minimum Gasteiger partial charge on any atom is -0.389 e. The first-order valence-corrected chi connectivity index (χ1v) is 12.0. The van der Waals surface area contributed by atoms with Crippen molar-refractivity contribution in [3.8, 4) is 0 Å². The molecule has 0 spiro atoms. The molecule has 2 aliphatic heterocycles. The van der Waals surface area contributed by atoms with Crippen molar-refractivity contribution < 1.29 is 14.7 Å². The molecule has 6 heteroatoms. The number of amides is 2. The van der Waals surface area contributed by atoms with E-state index in [0.29, 0.717) is 24.6 Å². The van der Waals surface area contributed by atoms with Gasteiger partial charge in [-0.1, -0.05) is 33.1 Å². The molecule has 6 nitrogen and oxygen atoms in total. The third-order valence-electron chi connectivity index (χ3n) is 6.42. The number of aliphatic hydroxyl groups is 1. The van der Waals surface area contributed by atoms with E-state index in [1.165, 1.54) is 19.3 Å². The molecule has 2 heterocycles. The summed E-state index contributed by atoms with van der Waals surface area (Å²) in [4.78, 5) is 31.4. The molecule has 1 fully saturated rings. The van der Waals surface area contributed by atoms with Crippen LogP contribution in [0.25, 0.3) is 0 Å². The van der Waals surface area contributed by atoms with E-state index in [0.717, 1.165) is 56.7 Å². The number of aliphatic hydroxyl groups excluding tert-OH is 1. The molecule has 172 valence electrons. The first kappa shape index (κ1) is 23.7. The van der Waals surface area contributed by atoms with Gasteiger partial charge in [0, 0.05) is 44.4 Å². The van der Waals surface area contributed by atoms with Crippen molar-refractivity contribution in [2.45, 2.75) is 71.9 Å². The van der Waals surface area contributed by atoms with Gasteiger partial charge in [0.2, 0.25) is 5.91 Å². The minimum atomic E-state index is -0.409. The summed E-state index contributed by atoms with van der Waals surface area (Å²) in [6.07, 6.45) is 6.49. The number of hydrogen-bond donors (Lipinski definition) is 1. The Bertz CT molecular complexity index is 758. The standard InChI is InChI=1S/C25H39N3O3/c1-19(2)11-14-26-12-7-5-4-6-8-13-28(20(3)29)24-10-9-21(15-22(24)16-26)25(31)27-17-23(30)18-27/h9-10,15,19,23,30H,4-8,11-14,16-18H2,1-3H3. The van der Waals surface area contributed by atoms with Crippen LogP contribution in [0.5, 0.6) is 0 Å². The van der Waals surface area contributed by atoms with Crippen LogP contribution in [-0.2, 0) is 11.3 Å². The molecule has 3 rings (SSSR count). The van der Waals surface area contributed by atoms with Crippen LogP contribution in [0.1, 0.15) is 75.2 Å². The second kappa shape index (κ2) is 11.1. The topological polar surface area (TPSA) is 64.1 Å². The number of nitrogens with zero attached hydrogens (tertiary/aromatic N) is 3. The fraction of sp³-hybridized carbons (Fsp3) is 0.680. The molecule has 1 aromatic carbocycles. The van der Waals surface area contributed by atoms with E-state index in [1.54, 1.807) is 11.8 Å². The molecule has 1 N–H and O–H groups in total. The Hall–Kier alpha value is -1.92. The summed E-state index contributed by atoms with van der Waals surface area (Å²) in [6, 6.07) is 5.77. The number of β-amino-alcohol motifs (C(OH)–C–C–N with tert-alkyl or cyclic N) is 1. The van der Waals surface area contributed by atoms with E-state index in [-0.39, 0.29) is 11.8 Å². The Morgan fingerprint density at radius 1 is 1.06 bits per heavy atom. The molecule has 0 bridgehead atoms. The zero-order valence-corrected chi connectivity index (χ0v) is 19.5. The van der Waals surface area contributed by atoms with Gasteiger partial charge in [-0.05, 0) is 62.0 Å². The van der Waals surface area contributed by atoms with Gasteiger partial charge in [0.15, 0.2) is 0 Å². The monoisotopic (exact) mass is 429 g/mol. The van der Waals surface area contributed by atoms with E-state index in [2.05, 4.69) is 18.7 Å². The van der Waals surface area contributed by atoms with Gasteiger partial charge in [0.1, 0.15) is 0 Å². The number of carbonyl (C=O) groups is 2. The summed E-state index contributed by atoms with van der Waals surface area (Å²) in [5.74, 6) is 0.652. The maximum Gasteiger partial charge on any atom is 0.254 e. The molecule has 1 aromatic rings. The molecule has 2 aliphatic rings. The van der Waals surface area contributed by atoms with E-state index in [1.807, 2.05) is 23.1 Å². The van der Waals surface area contributed by atoms with E-state index in [4.69, 9.17) is 0 Å². The molecular weight excluding hydrogens is 390 g/mol. The van der Waals surface area contributed by atoms with E-state index < -0.39 is 6.10 Å². The summed E-state index contributed by atoms with van der Waals surface area (Å²) < 4.78 is 0. The second-order valence-electron chi connectivity index (χ2n) is 9.60. The average molecular weight is 430 g/mol. The maximum atomic E-state index is 12.9. The van der Waals surface area contributed by atoms with Gasteiger partial charge in [-0.15, -0.1) is 0 Å². The Labute approximate surface area is 187 Å². The number of anilines is 1. The Morgan fingerprint density at radius 3 is 2.39 bits per heavy atom. The molecule has 31 heavy (non-hydrogen) atoms. The zero-order chi connectivity index (χ0) is 22.4.